The first-order valence-corrected chi connectivity index (χ1v) is 12.6. The van der Waals surface area contributed by atoms with Crippen LogP contribution in [0.25, 0.3) is 17.0 Å². The number of hydrogen-bond donors (Lipinski definition) is 1. The van der Waals surface area contributed by atoms with Crippen LogP contribution in [-0.2, 0) is 19.5 Å². The van der Waals surface area contributed by atoms with Crippen LogP contribution in [0.1, 0.15) is 22.4 Å². The summed E-state index contributed by atoms with van der Waals surface area (Å²) in [6.45, 7) is 2.28. The van der Waals surface area contributed by atoms with Crippen molar-refractivity contribution >= 4 is 62.9 Å². The predicted octanol–water partition coefficient (Wildman–Crippen LogP) is 6.98. The molecule has 1 aliphatic heterocycles. The van der Waals surface area contributed by atoms with Crippen LogP contribution in [0, 0.1) is 11.8 Å². The number of carbonyl (C=O) groups is 1. The van der Waals surface area contributed by atoms with Gasteiger partial charge in [-0.2, -0.15) is 4.39 Å². The Morgan fingerprint density at radius 1 is 1.16 bits per heavy atom. The number of fused-ring (bicyclic) bond motifs is 3. The topological polar surface area (TPSA) is 50.2 Å². The molecule has 0 atom stereocenters. The zero-order valence-electron chi connectivity index (χ0n) is 19.6. The lowest BCUT2D eigenvalue weighted by atomic mass is 10.0. The summed E-state index contributed by atoms with van der Waals surface area (Å²) in [5.41, 5.74) is 4.21. The normalized spacial score (nSPS) is 13.5. The molecule has 10 heteroatoms. The Hall–Kier alpha value is -2.78. The molecule has 0 saturated carbocycles. The van der Waals surface area contributed by atoms with Crippen LogP contribution in [0.3, 0.4) is 0 Å². The summed E-state index contributed by atoms with van der Waals surface area (Å²) < 4.78 is 29.5. The van der Waals surface area contributed by atoms with Gasteiger partial charge in [-0.15, -0.1) is 12.4 Å². The van der Waals surface area contributed by atoms with Crippen molar-refractivity contribution in [1.82, 2.24) is 19.8 Å². The predicted molar refractivity (Wildman–Crippen MR) is 148 cm³/mol. The molecule has 0 unspecified atom stereocenters. The number of benzene rings is 2. The maximum absolute atomic E-state index is 13.7. The van der Waals surface area contributed by atoms with E-state index in [1.54, 1.807) is 16.7 Å². The zero-order valence-corrected chi connectivity index (χ0v) is 22.7. The highest BCUT2D eigenvalue weighted by molar-refractivity contribution is 9.10. The van der Waals surface area contributed by atoms with Gasteiger partial charge in [0.2, 0.25) is 5.95 Å². The number of pyridine rings is 1. The lowest BCUT2D eigenvalue weighted by Gasteiger charge is -2.27. The third-order valence-corrected chi connectivity index (χ3v) is 6.88. The average molecular weight is 608 g/mol. The molecule has 37 heavy (non-hydrogen) atoms. The van der Waals surface area contributed by atoms with Gasteiger partial charge in [0.25, 0.3) is 0 Å². The second kappa shape index (κ2) is 11.7. The van der Waals surface area contributed by atoms with Gasteiger partial charge in [-0.25, -0.2) is 14.2 Å². The number of hydrogen-bond acceptors (Lipinski definition) is 3. The molecular formula is C27H23BrCl2F2N4O. The largest absolute Gasteiger partial charge is 0.333 e. The third kappa shape index (κ3) is 6.21. The fourth-order valence-electron chi connectivity index (χ4n) is 4.59. The highest BCUT2D eigenvalue weighted by Gasteiger charge is 2.26. The molecule has 5 rings (SSSR count). The van der Waals surface area contributed by atoms with Crippen molar-refractivity contribution in [3.63, 3.8) is 0 Å². The first-order valence-electron chi connectivity index (χ1n) is 11.4. The summed E-state index contributed by atoms with van der Waals surface area (Å²) in [6, 6.07) is 13.0. The number of aromatic nitrogens is 2. The molecule has 192 valence electrons. The Balaban J connectivity index is 0.00000320. The van der Waals surface area contributed by atoms with Crippen molar-refractivity contribution in [2.75, 3.05) is 13.1 Å². The van der Waals surface area contributed by atoms with E-state index in [-0.39, 0.29) is 30.8 Å². The van der Waals surface area contributed by atoms with Crippen LogP contribution in [0.5, 0.6) is 0 Å². The van der Waals surface area contributed by atoms with Crippen molar-refractivity contribution in [2.45, 2.75) is 19.5 Å². The van der Waals surface area contributed by atoms with Gasteiger partial charge >= 0.3 is 6.03 Å². The fourth-order valence-corrected chi connectivity index (χ4v) is 5.25. The quantitative estimate of drug-likeness (QED) is 0.249. The molecule has 4 aromatic rings. The molecule has 0 spiro atoms. The van der Waals surface area contributed by atoms with Crippen molar-refractivity contribution in [2.24, 2.45) is 0 Å². The van der Waals surface area contributed by atoms with Crippen molar-refractivity contribution in [3.8, 4) is 0 Å². The van der Waals surface area contributed by atoms with Crippen molar-refractivity contribution in [3.05, 3.63) is 104 Å². The molecule has 5 nitrogen and oxygen atoms in total. The maximum atomic E-state index is 13.7. The monoisotopic (exact) mass is 606 g/mol. The molecule has 1 aliphatic rings. The standard InChI is InChI=1S/C27H22BrClF2N4O.ClH/c28-19-10-17(11-21(30)13-19)2-1-8-34-9-6-25-23(16-34)22-14-20(29)3-4-24(22)35(25)27(36)33-15-18-5-7-32-26(31)12-18;/h1-5,7,10-14H,6,8-9,15-16H2,(H,33,36);1H/b2-1+;. The Morgan fingerprint density at radius 3 is 2.78 bits per heavy atom. The van der Waals surface area contributed by atoms with Gasteiger partial charge in [-0.3, -0.25) is 9.47 Å². The second-order valence-electron chi connectivity index (χ2n) is 8.66. The summed E-state index contributed by atoms with van der Waals surface area (Å²) in [7, 11) is 0. The Kier molecular flexibility index (Phi) is 8.64. The van der Waals surface area contributed by atoms with E-state index in [0.29, 0.717) is 34.6 Å². The minimum absolute atomic E-state index is 0. The maximum Gasteiger partial charge on any atom is 0.326 e. The molecule has 1 N–H and O–H groups in total. The second-order valence-corrected chi connectivity index (χ2v) is 10.0. The molecule has 0 radical (unpaired) electrons. The average Bonchev–Trinajstić information content (AvgIpc) is 3.15. The van der Waals surface area contributed by atoms with E-state index in [1.807, 2.05) is 30.4 Å². The Morgan fingerprint density at radius 2 is 2.00 bits per heavy atom. The van der Waals surface area contributed by atoms with Gasteiger partial charge in [0.1, 0.15) is 5.82 Å². The summed E-state index contributed by atoms with van der Waals surface area (Å²) in [5, 5.41) is 4.43. The summed E-state index contributed by atoms with van der Waals surface area (Å²) in [5.74, 6) is -0.872. The first kappa shape index (κ1) is 27.3. The van der Waals surface area contributed by atoms with E-state index in [1.165, 1.54) is 24.4 Å². The SMILES string of the molecule is Cl.O=C(NCc1ccnc(F)c1)n1c2c(c3cc(Cl)ccc31)CN(C/C=C/c1cc(F)cc(Br)c1)CC2. The van der Waals surface area contributed by atoms with E-state index < -0.39 is 5.95 Å². The smallest absolute Gasteiger partial charge is 0.326 e. The van der Waals surface area contributed by atoms with Crippen molar-refractivity contribution in [1.29, 1.82) is 0 Å². The molecular weight excluding hydrogens is 585 g/mol. The van der Waals surface area contributed by atoms with E-state index in [4.69, 9.17) is 11.6 Å². The number of nitrogens with zero attached hydrogens (tertiary/aromatic N) is 3. The van der Waals surface area contributed by atoms with Gasteiger partial charge in [0.15, 0.2) is 0 Å². The lowest BCUT2D eigenvalue weighted by molar-refractivity contribution is 0.240. The summed E-state index contributed by atoms with van der Waals surface area (Å²) in [4.78, 5) is 19.1. The third-order valence-electron chi connectivity index (χ3n) is 6.19. The van der Waals surface area contributed by atoms with Crippen LogP contribution >= 0.6 is 39.9 Å². The first-order chi connectivity index (χ1) is 17.4. The van der Waals surface area contributed by atoms with Crippen molar-refractivity contribution < 1.29 is 13.6 Å². The molecule has 3 heterocycles. The molecule has 0 aliphatic carbocycles. The number of halogens is 5. The molecule has 1 amide bonds. The van der Waals surface area contributed by atoms with E-state index >= 15 is 0 Å². The molecule has 0 saturated heterocycles. The van der Waals surface area contributed by atoms with E-state index in [2.05, 4.69) is 31.1 Å². The van der Waals surface area contributed by atoms with Crippen LogP contribution in [-0.4, -0.2) is 33.6 Å². The summed E-state index contributed by atoms with van der Waals surface area (Å²) >= 11 is 9.63. The van der Waals surface area contributed by atoms with Crippen LogP contribution in [0.15, 0.2) is 65.3 Å². The Bertz CT molecular complexity index is 1470. The number of amides is 1. The fraction of sp³-hybridized carbons (Fsp3) is 0.185. The number of rotatable bonds is 5. The molecule has 2 aromatic carbocycles. The molecule has 0 bridgehead atoms. The number of nitrogens with one attached hydrogen (secondary N) is 1. The number of carbonyl (C=O) groups excluding carboxylic acids is 1. The lowest BCUT2D eigenvalue weighted by Crippen LogP contribution is -2.34. The minimum Gasteiger partial charge on any atom is -0.333 e. The van der Waals surface area contributed by atoms with Crippen LogP contribution < -0.4 is 5.32 Å². The van der Waals surface area contributed by atoms with Crippen LogP contribution in [0.4, 0.5) is 13.6 Å². The molecule has 0 fully saturated rings. The van der Waals surface area contributed by atoms with E-state index in [0.717, 1.165) is 34.3 Å². The summed E-state index contributed by atoms with van der Waals surface area (Å²) in [6.07, 6.45) is 5.97. The van der Waals surface area contributed by atoms with Gasteiger partial charge in [-0.05, 0) is 65.2 Å². The molecule has 2 aromatic heterocycles. The van der Waals surface area contributed by atoms with Gasteiger partial charge in [-0.1, -0.05) is 39.7 Å². The van der Waals surface area contributed by atoms with Gasteiger partial charge in [0.05, 0.1) is 5.52 Å². The highest BCUT2D eigenvalue weighted by atomic mass is 79.9. The van der Waals surface area contributed by atoms with Crippen LogP contribution in [0.2, 0.25) is 5.02 Å². The zero-order chi connectivity index (χ0) is 25.2. The minimum atomic E-state index is -0.584. The van der Waals surface area contributed by atoms with Gasteiger partial charge in [0, 0.05) is 59.4 Å². The Labute approximate surface area is 232 Å². The highest BCUT2D eigenvalue weighted by Crippen LogP contribution is 2.32. The van der Waals surface area contributed by atoms with E-state index in [9.17, 15) is 13.6 Å². The van der Waals surface area contributed by atoms with Gasteiger partial charge < -0.3 is 5.32 Å².